The lowest BCUT2D eigenvalue weighted by atomic mass is 10.2. The summed E-state index contributed by atoms with van der Waals surface area (Å²) in [6.45, 7) is 5.83. The van der Waals surface area contributed by atoms with Gasteiger partial charge < -0.3 is 9.47 Å². The first kappa shape index (κ1) is 18.8. The molecular formula is C17H19N5O4S. The number of ether oxygens (including phenoxy) is 2. The van der Waals surface area contributed by atoms with Crippen LogP contribution in [-0.2, 0) is 16.1 Å². The summed E-state index contributed by atoms with van der Waals surface area (Å²) in [5, 5.41) is 8.93. The minimum atomic E-state index is -0.421. The minimum Gasteiger partial charge on any atom is -0.485 e. The summed E-state index contributed by atoms with van der Waals surface area (Å²) < 4.78 is 13.6. The summed E-state index contributed by atoms with van der Waals surface area (Å²) >= 11 is 1.20. The van der Waals surface area contributed by atoms with E-state index in [-0.39, 0.29) is 17.6 Å². The van der Waals surface area contributed by atoms with Crippen molar-refractivity contribution in [2.24, 2.45) is 0 Å². The van der Waals surface area contributed by atoms with Gasteiger partial charge in [-0.2, -0.15) is 0 Å². The third-order valence-electron chi connectivity index (χ3n) is 3.56. The van der Waals surface area contributed by atoms with E-state index in [1.165, 1.54) is 18.7 Å². The van der Waals surface area contributed by atoms with Crippen molar-refractivity contribution in [3.8, 4) is 11.5 Å². The van der Waals surface area contributed by atoms with Gasteiger partial charge in [0.1, 0.15) is 6.61 Å². The molecule has 2 heterocycles. The predicted molar refractivity (Wildman–Crippen MR) is 98.2 cm³/mol. The molecule has 0 saturated heterocycles. The third kappa shape index (κ3) is 4.59. The van der Waals surface area contributed by atoms with Crippen molar-refractivity contribution in [1.29, 1.82) is 0 Å². The van der Waals surface area contributed by atoms with Crippen LogP contribution in [-0.4, -0.2) is 38.9 Å². The number of nitrogens with one attached hydrogen (secondary N) is 2. The number of amides is 2. The van der Waals surface area contributed by atoms with Gasteiger partial charge in [0.2, 0.25) is 11.8 Å². The molecule has 27 heavy (non-hydrogen) atoms. The van der Waals surface area contributed by atoms with Crippen LogP contribution in [0.5, 0.6) is 11.5 Å². The van der Waals surface area contributed by atoms with Crippen molar-refractivity contribution in [1.82, 2.24) is 25.6 Å². The zero-order valence-corrected chi connectivity index (χ0v) is 15.5. The lowest BCUT2D eigenvalue weighted by Gasteiger charge is -2.26. The van der Waals surface area contributed by atoms with Crippen LogP contribution in [0.3, 0.4) is 0 Å². The Morgan fingerprint density at radius 1 is 1.33 bits per heavy atom. The van der Waals surface area contributed by atoms with Crippen LogP contribution in [0.1, 0.15) is 18.9 Å². The standard InChI is InChI=1S/C17H19N5O4S/c1-3-8-22-16(14-9-25-12-6-4-5-7-13(12)26-14)20-21-17(22)27-10-15(24)19-18-11(2)23/h3-7,14H,1,8-10H2,2H3,(H,18,23)(H,19,24)/t14-/m1/s1. The number of nitrogens with zero attached hydrogens (tertiary/aromatic N) is 3. The van der Waals surface area contributed by atoms with Gasteiger partial charge >= 0.3 is 0 Å². The first-order valence-electron chi connectivity index (χ1n) is 8.19. The summed E-state index contributed by atoms with van der Waals surface area (Å²) in [6, 6.07) is 7.42. The van der Waals surface area contributed by atoms with Gasteiger partial charge in [-0.1, -0.05) is 30.0 Å². The Bertz CT molecular complexity index is 854. The quantitative estimate of drug-likeness (QED) is 0.435. The van der Waals surface area contributed by atoms with E-state index in [0.717, 1.165) is 0 Å². The van der Waals surface area contributed by atoms with Gasteiger partial charge in [0.05, 0.1) is 5.75 Å². The highest BCUT2D eigenvalue weighted by molar-refractivity contribution is 7.99. The molecule has 1 aromatic heterocycles. The van der Waals surface area contributed by atoms with Crippen molar-refractivity contribution in [2.45, 2.75) is 24.7 Å². The van der Waals surface area contributed by atoms with Gasteiger partial charge in [0.25, 0.3) is 0 Å². The van der Waals surface area contributed by atoms with Crippen molar-refractivity contribution in [2.75, 3.05) is 12.4 Å². The summed E-state index contributed by atoms with van der Waals surface area (Å²) in [7, 11) is 0. The zero-order valence-electron chi connectivity index (χ0n) is 14.7. The Morgan fingerprint density at radius 2 is 2.11 bits per heavy atom. The summed E-state index contributed by atoms with van der Waals surface area (Å²) in [5.41, 5.74) is 4.54. The maximum Gasteiger partial charge on any atom is 0.248 e. The van der Waals surface area contributed by atoms with Gasteiger partial charge in [0, 0.05) is 13.5 Å². The van der Waals surface area contributed by atoms with Gasteiger partial charge in [0.15, 0.2) is 28.6 Å². The van der Waals surface area contributed by atoms with Crippen LogP contribution in [0.15, 0.2) is 42.1 Å². The molecule has 0 radical (unpaired) electrons. The second-order valence-corrected chi connectivity index (χ2v) is 6.56. The molecule has 0 fully saturated rings. The molecule has 142 valence electrons. The molecule has 2 aromatic rings. The number of benzene rings is 1. The molecular weight excluding hydrogens is 370 g/mol. The van der Waals surface area contributed by atoms with E-state index in [9.17, 15) is 9.59 Å². The maximum atomic E-state index is 11.8. The molecule has 0 saturated carbocycles. The third-order valence-corrected chi connectivity index (χ3v) is 4.53. The topological polar surface area (TPSA) is 107 Å². The van der Waals surface area contributed by atoms with Crippen LogP contribution in [0.25, 0.3) is 0 Å². The Hall–Kier alpha value is -3.01. The number of hydrazine groups is 1. The molecule has 3 rings (SSSR count). The molecule has 1 aromatic carbocycles. The van der Waals surface area contributed by atoms with Crippen molar-refractivity contribution >= 4 is 23.6 Å². The lowest BCUT2D eigenvalue weighted by molar-refractivity contribution is -0.126. The molecule has 10 heteroatoms. The number of carbonyl (C=O) groups excluding carboxylic acids is 2. The van der Waals surface area contributed by atoms with Crippen LogP contribution in [0.2, 0.25) is 0 Å². The average Bonchev–Trinajstić information content (AvgIpc) is 3.07. The fourth-order valence-corrected chi connectivity index (χ4v) is 3.17. The van der Waals surface area contributed by atoms with Gasteiger partial charge in [-0.15, -0.1) is 16.8 Å². The van der Waals surface area contributed by atoms with Gasteiger partial charge in [-0.25, -0.2) is 0 Å². The number of carbonyl (C=O) groups is 2. The number of rotatable bonds is 6. The lowest BCUT2D eigenvalue weighted by Crippen LogP contribution is -2.41. The monoisotopic (exact) mass is 389 g/mol. The molecule has 2 N–H and O–H groups in total. The van der Waals surface area contributed by atoms with Gasteiger partial charge in [-0.3, -0.25) is 25.0 Å². The molecule has 0 bridgehead atoms. The number of fused-ring (bicyclic) bond motifs is 1. The summed E-state index contributed by atoms with van der Waals surface area (Å²) in [4.78, 5) is 22.6. The number of allylic oxidation sites excluding steroid dienone is 1. The Morgan fingerprint density at radius 3 is 2.85 bits per heavy atom. The van der Waals surface area contributed by atoms with E-state index in [1.807, 2.05) is 28.8 Å². The fourth-order valence-electron chi connectivity index (χ4n) is 2.42. The Kier molecular flexibility index (Phi) is 5.97. The minimum absolute atomic E-state index is 0.0699. The normalized spacial score (nSPS) is 15.1. The van der Waals surface area contributed by atoms with E-state index in [2.05, 4.69) is 27.6 Å². The van der Waals surface area contributed by atoms with Crippen molar-refractivity contribution in [3.05, 3.63) is 42.7 Å². The number of hydrogen-bond donors (Lipinski definition) is 2. The van der Waals surface area contributed by atoms with E-state index < -0.39 is 6.10 Å². The Balaban J connectivity index is 1.71. The predicted octanol–water partition coefficient (Wildman–Crippen LogP) is 1.24. The number of para-hydroxylation sites is 2. The van der Waals surface area contributed by atoms with Crippen LogP contribution >= 0.6 is 11.8 Å². The molecule has 0 spiro atoms. The molecule has 2 amide bonds. The van der Waals surface area contributed by atoms with Crippen LogP contribution in [0.4, 0.5) is 0 Å². The molecule has 1 atom stereocenters. The number of aromatic nitrogens is 3. The first-order chi connectivity index (χ1) is 13.1. The SMILES string of the molecule is C=CCn1c(SCC(=O)NNC(C)=O)nnc1[C@H]1COc2ccccc2O1. The first-order valence-corrected chi connectivity index (χ1v) is 9.17. The summed E-state index contributed by atoms with van der Waals surface area (Å²) in [6.07, 6.45) is 1.29. The summed E-state index contributed by atoms with van der Waals surface area (Å²) in [5.74, 6) is 1.30. The smallest absolute Gasteiger partial charge is 0.248 e. The van der Waals surface area contributed by atoms with E-state index in [0.29, 0.717) is 35.6 Å². The molecule has 1 aliphatic rings. The maximum absolute atomic E-state index is 11.8. The highest BCUT2D eigenvalue weighted by Crippen LogP contribution is 2.36. The fraction of sp³-hybridized carbons (Fsp3) is 0.294. The molecule has 1 aliphatic heterocycles. The average molecular weight is 389 g/mol. The van der Waals surface area contributed by atoms with E-state index >= 15 is 0 Å². The van der Waals surface area contributed by atoms with Crippen LogP contribution < -0.4 is 20.3 Å². The van der Waals surface area contributed by atoms with E-state index in [4.69, 9.17) is 9.47 Å². The molecule has 0 aliphatic carbocycles. The zero-order chi connectivity index (χ0) is 19.2. The highest BCUT2D eigenvalue weighted by atomic mass is 32.2. The number of hydrogen-bond acceptors (Lipinski definition) is 7. The van der Waals surface area contributed by atoms with Crippen molar-refractivity contribution < 1.29 is 19.1 Å². The van der Waals surface area contributed by atoms with Crippen LogP contribution in [0, 0.1) is 0 Å². The number of thioether (sulfide) groups is 1. The second-order valence-electron chi connectivity index (χ2n) is 5.62. The van der Waals surface area contributed by atoms with Gasteiger partial charge in [-0.05, 0) is 12.1 Å². The van der Waals surface area contributed by atoms with Crippen molar-refractivity contribution in [3.63, 3.8) is 0 Å². The van der Waals surface area contributed by atoms with E-state index in [1.54, 1.807) is 6.08 Å². The molecule has 0 unspecified atom stereocenters. The molecule has 9 nitrogen and oxygen atoms in total. The largest absolute Gasteiger partial charge is 0.485 e. The Labute approximate surface area is 160 Å². The second kappa shape index (κ2) is 8.58. The highest BCUT2D eigenvalue weighted by Gasteiger charge is 2.28.